The van der Waals surface area contributed by atoms with Crippen molar-refractivity contribution < 1.29 is 4.79 Å². The summed E-state index contributed by atoms with van der Waals surface area (Å²) in [6.07, 6.45) is 3.83. The van der Waals surface area contributed by atoms with Gasteiger partial charge in [-0.25, -0.2) is 0 Å². The molecule has 0 aromatic heterocycles. The Morgan fingerprint density at radius 2 is 2.19 bits per heavy atom. The van der Waals surface area contributed by atoms with Gasteiger partial charge in [0.2, 0.25) is 5.91 Å². The third kappa shape index (κ3) is 1.58. The molecule has 0 spiro atoms. The van der Waals surface area contributed by atoms with Gasteiger partial charge in [0.25, 0.3) is 0 Å². The minimum absolute atomic E-state index is 0.329. The summed E-state index contributed by atoms with van der Waals surface area (Å²) in [5, 5.41) is 0. The van der Waals surface area contributed by atoms with Gasteiger partial charge in [-0.2, -0.15) is 0 Å². The molecule has 1 fully saturated rings. The summed E-state index contributed by atoms with van der Waals surface area (Å²) in [5.74, 6) is 0.329. The summed E-state index contributed by atoms with van der Waals surface area (Å²) >= 11 is 3.52. The van der Waals surface area contributed by atoms with Crippen molar-refractivity contribution in [2.75, 3.05) is 6.54 Å². The molecule has 1 aromatic carbocycles. The van der Waals surface area contributed by atoms with Crippen molar-refractivity contribution in [3.8, 4) is 0 Å². The van der Waals surface area contributed by atoms with Crippen molar-refractivity contribution in [1.29, 1.82) is 0 Å². The second kappa shape index (κ2) is 3.88. The first-order chi connectivity index (χ1) is 7.75. The van der Waals surface area contributed by atoms with Crippen LogP contribution in [-0.4, -0.2) is 17.4 Å². The normalized spacial score (nSPS) is 23.9. The zero-order valence-electron chi connectivity index (χ0n) is 9.08. The number of nitrogens with zero attached hydrogens (tertiary/aromatic N) is 1. The van der Waals surface area contributed by atoms with Crippen molar-refractivity contribution in [2.45, 2.75) is 31.7 Å². The highest BCUT2D eigenvalue weighted by atomic mass is 79.9. The van der Waals surface area contributed by atoms with E-state index in [4.69, 9.17) is 0 Å². The molecule has 0 aliphatic carbocycles. The third-order valence-electron chi connectivity index (χ3n) is 3.65. The van der Waals surface area contributed by atoms with Crippen LogP contribution in [0.25, 0.3) is 0 Å². The fraction of sp³-hybridized carbons (Fsp3) is 0.462. The Morgan fingerprint density at radius 1 is 1.31 bits per heavy atom. The van der Waals surface area contributed by atoms with Crippen molar-refractivity contribution in [3.63, 3.8) is 0 Å². The number of halogens is 1. The van der Waals surface area contributed by atoms with Crippen LogP contribution >= 0.6 is 15.9 Å². The molecule has 2 heterocycles. The molecule has 84 valence electrons. The Bertz CT molecular complexity index is 444. The minimum Gasteiger partial charge on any atom is -0.336 e. The number of hydrogen-bond acceptors (Lipinski definition) is 1. The van der Waals surface area contributed by atoms with Crippen molar-refractivity contribution in [2.24, 2.45) is 0 Å². The van der Waals surface area contributed by atoms with Gasteiger partial charge in [-0.05, 0) is 42.5 Å². The molecule has 1 amide bonds. The zero-order valence-corrected chi connectivity index (χ0v) is 10.7. The monoisotopic (exact) mass is 279 g/mol. The Kier molecular flexibility index (Phi) is 2.51. The first kappa shape index (κ1) is 10.3. The van der Waals surface area contributed by atoms with E-state index >= 15 is 0 Å². The summed E-state index contributed by atoms with van der Waals surface area (Å²) in [6, 6.07) is 6.77. The van der Waals surface area contributed by atoms with Crippen LogP contribution in [0, 0.1) is 0 Å². The van der Waals surface area contributed by atoms with E-state index in [0.717, 1.165) is 30.3 Å². The number of carbonyl (C=O) groups is 1. The standard InChI is InChI=1S/C13H14BrNO/c14-10-5-3-9-4-6-13(16)15-7-1-2-12(15)11(9)8-10/h3,5,8,12H,1-2,4,6-7H2. The van der Waals surface area contributed by atoms with Gasteiger partial charge in [-0.1, -0.05) is 22.0 Å². The van der Waals surface area contributed by atoms with Crippen molar-refractivity contribution in [3.05, 3.63) is 33.8 Å². The van der Waals surface area contributed by atoms with Crippen molar-refractivity contribution >= 4 is 21.8 Å². The molecule has 3 heteroatoms. The van der Waals surface area contributed by atoms with Gasteiger partial charge in [0.05, 0.1) is 6.04 Å². The van der Waals surface area contributed by atoms with Crippen LogP contribution in [0.3, 0.4) is 0 Å². The Labute approximate surface area is 104 Å². The van der Waals surface area contributed by atoms with Crippen LogP contribution in [0.2, 0.25) is 0 Å². The average Bonchev–Trinajstić information content (AvgIpc) is 2.71. The van der Waals surface area contributed by atoms with E-state index in [2.05, 4.69) is 39.0 Å². The molecule has 2 aliphatic rings. The molecule has 1 aromatic rings. The summed E-state index contributed by atoms with van der Waals surface area (Å²) in [5.41, 5.74) is 2.71. The lowest BCUT2D eigenvalue weighted by Crippen LogP contribution is -2.28. The number of hydrogen-bond donors (Lipinski definition) is 0. The molecule has 0 N–H and O–H groups in total. The number of rotatable bonds is 0. The molecule has 2 aliphatic heterocycles. The van der Waals surface area contributed by atoms with E-state index in [1.807, 2.05) is 0 Å². The number of benzene rings is 1. The summed E-state index contributed by atoms with van der Waals surface area (Å²) in [4.78, 5) is 14.0. The quantitative estimate of drug-likeness (QED) is 0.715. The van der Waals surface area contributed by atoms with Crippen LogP contribution < -0.4 is 0 Å². The summed E-state index contributed by atoms with van der Waals surface area (Å²) < 4.78 is 1.12. The number of carbonyl (C=O) groups excluding carboxylic acids is 1. The molecule has 0 radical (unpaired) electrons. The van der Waals surface area contributed by atoms with Crippen LogP contribution in [0.1, 0.15) is 36.4 Å². The van der Waals surface area contributed by atoms with E-state index in [1.165, 1.54) is 11.1 Å². The summed E-state index contributed by atoms with van der Waals surface area (Å²) in [6.45, 7) is 0.940. The highest BCUT2D eigenvalue weighted by Crippen LogP contribution is 2.38. The largest absolute Gasteiger partial charge is 0.336 e. The third-order valence-corrected chi connectivity index (χ3v) is 4.14. The van der Waals surface area contributed by atoms with Gasteiger partial charge >= 0.3 is 0 Å². The zero-order chi connectivity index (χ0) is 11.1. The van der Waals surface area contributed by atoms with Crippen molar-refractivity contribution in [1.82, 2.24) is 4.90 Å². The second-order valence-corrected chi connectivity index (χ2v) is 5.50. The van der Waals surface area contributed by atoms with Gasteiger partial charge in [0.15, 0.2) is 0 Å². The Balaban J connectivity index is 2.10. The number of aryl methyl sites for hydroxylation is 1. The molecular formula is C13H14BrNO. The van der Waals surface area contributed by atoms with Gasteiger partial charge in [-0.3, -0.25) is 4.79 Å². The minimum atomic E-state index is 0.329. The number of fused-ring (bicyclic) bond motifs is 3. The molecule has 1 unspecified atom stereocenters. The maximum atomic E-state index is 12.0. The molecular weight excluding hydrogens is 266 g/mol. The SMILES string of the molecule is O=C1CCc2ccc(Br)cc2C2CCCN12. The average molecular weight is 280 g/mol. The lowest BCUT2D eigenvalue weighted by molar-refractivity contribution is -0.131. The van der Waals surface area contributed by atoms with Crippen LogP contribution in [0.15, 0.2) is 22.7 Å². The lowest BCUT2D eigenvalue weighted by atomic mass is 9.97. The lowest BCUT2D eigenvalue weighted by Gasteiger charge is -2.23. The maximum Gasteiger partial charge on any atom is 0.223 e. The van der Waals surface area contributed by atoms with Crippen LogP contribution in [-0.2, 0) is 11.2 Å². The molecule has 1 saturated heterocycles. The van der Waals surface area contributed by atoms with Gasteiger partial charge in [-0.15, -0.1) is 0 Å². The molecule has 2 nitrogen and oxygen atoms in total. The number of amides is 1. The fourth-order valence-electron chi connectivity index (χ4n) is 2.88. The maximum absolute atomic E-state index is 12.0. The smallest absolute Gasteiger partial charge is 0.223 e. The molecule has 0 saturated carbocycles. The van der Waals surface area contributed by atoms with E-state index in [1.54, 1.807) is 0 Å². The predicted molar refractivity (Wildman–Crippen MR) is 66.2 cm³/mol. The topological polar surface area (TPSA) is 20.3 Å². The first-order valence-corrected chi connectivity index (χ1v) is 6.63. The molecule has 0 bridgehead atoms. The molecule has 1 atom stereocenters. The van der Waals surface area contributed by atoms with E-state index in [-0.39, 0.29) is 0 Å². The van der Waals surface area contributed by atoms with E-state index in [0.29, 0.717) is 18.4 Å². The highest BCUT2D eigenvalue weighted by molar-refractivity contribution is 9.10. The summed E-state index contributed by atoms with van der Waals surface area (Å²) in [7, 11) is 0. The van der Waals surface area contributed by atoms with Crippen LogP contribution in [0.5, 0.6) is 0 Å². The Morgan fingerprint density at radius 3 is 3.06 bits per heavy atom. The highest BCUT2D eigenvalue weighted by Gasteiger charge is 2.33. The Hall–Kier alpha value is -0.830. The van der Waals surface area contributed by atoms with Crippen LogP contribution in [0.4, 0.5) is 0 Å². The fourth-order valence-corrected chi connectivity index (χ4v) is 3.26. The first-order valence-electron chi connectivity index (χ1n) is 5.83. The van der Waals surface area contributed by atoms with Gasteiger partial charge in [0, 0.05) is 17.4 Å². The predicted octanol–water partition coefficient (Wildman–Crippen LogP) is 3.06. The van der Waals surface area contributed by atoms with Gasteiger partial charge in [0.1, 0.15) is 0 Å². The second-order valence-electron chi connectivity index (χ2n) is 4.59. The molecule has 16 heavy (non-hydrogen) atoms. The van der Waals surface area contributed by atoms with E-state index in [9.17, 15) is 4.79 Å². The van der Waals surface area contributed by atoms with Gasteiger partial charge < -0.3 is 4.90 Å². The molecule has 3 rings (SSSR count). The van der Waals surface area contributed by atoms with E-state index < -0.39 is 0 Å².